The van der Waals surface area contributed by atoms with Crippen LogP contribution in [0.4, 0.5) is 0 Å². The van der Waals surface area contributed by atoms with Crippen LogP contribution in [0.5, 0.6) is 0 Å². The van der Waals surface area contributed by atoms with E-state index in [0.29, 0.717) is 25.1 Å². The van der Waals surface area contributed by atoms with Crippen molar-refractivity contribution in [3.05, 3.63) is 18.2 Å². The number of nitrogens with two attached hydrogens (primary N) is 2. The minimum absolute atomic E-state index is 0.00384. The first-order valence-corrected chi connectivity index (χ1v) is 11.6. The zero-order valence-corrected chi connectivity index (χ0v) is 20.0. The van der Waals surface area contributed by atoms with Gasteiger partial charge in [-0.15, -0.1) is 0 Å². The molecule has 0 aliphatic heterocycles. The normalized spacial score (nSPS) is 14.3. The van der Waals surface area contributed by atoms with Crippen LogP contribution in [0.2, 0.25) is 0 Å². The number of thiol groups is 1. The van der Waals surface area contributed by atoms with Crippen LogP contribution in [0.15, 0.2) is 12.5 Å². The van der Waals surface area contributed by atoms with E-state index in [0.717, 1.165) is 0 Å². The first kappa shape index (κ1) is 29.9. The number of unbranched alkanes of at least 4 members (excludes halogenated alkanes) is 1. The number of aliphatic carboxylic acids is 2. The number of nitrogens with zero attached hydrogens (tertiary/aromatic N) is 1. The number of carbonyl (C=O) groups is 5. The average molecular weight is 516 g/mol. The molecule has 0 saturated carbocycles. The largest absolute Gasteiger partial charge is 0.481 e. The van der Waals surface area contributed by atoms with Crippen LogP contribution in [0.3, 0.4) is 0 Å². The maximum absolute atomic E-state index is 12.9. The first-order valence-electron chi connectivity index (χ1n) is 11.0. The molecule has 1 aromatic rings. The number of hydrogen-bond acceptors (Lipinski definition) is 9. The molecule has 14 nitrogen and oxygen atoms in total. The molecule has 1 heterocycles. The van der Waals surface area contributed by atoms with E-state index in [2.05, 4.69) is 38.5 Å². The van der Waals surface area contributed by atoms with Gasteiger partial charge in [0.15, 0.2) is 0 Å². The predicted octanol–water partition coefficient (Wildman–Crippen LogP) is -2.26. The number of aromatic amines is 1. The molecule has 0 aliphatic carbocycles. The average Bonchev–Trinajstić information content (AvgIpc) is 3.32. The molecule has 0 saturated heterocycles. The fraction of sp³-hybridized carbons (Fsp3) is 0.600. The number of carbonyl (C=O) groups excluding carboxylic acids is 3. The van der Waals surface area contributed by atoms with E-state index in [1.54, 1.807) is 0 Å². The Hall–Kier alpha value is -3.17. The van der Waals surface area contributed by atoms with Crippen LogP contribution in [0.25, 0.3) is 0 Å². The highest BCUT2D eigenvalue weighted by molar-refractivity contribution is 7.80. The molecule has 0 spiro atoms. The lowest BCUT2D eigenvalue weighted by Crippen LogP contribution is -2.57. The van der Waals surface area contributed by atoms with Crippen LogP contribution in [-0.4, -0.2) is 86.3 Å². The third-order valence-electron chi connectivity index (χ3n) is 4.99. The molecule has 4 unspecified atom stereocenters. The minimum atomic E-state index is -1.30. The minimum Gasteiger partial charge on any atom is -0.481 e. The monoisotopic (exact) mass is 515 g/mol. The Morgan fingerprint density at radius 3 is 2.09 bits per heavy atom. The van der Waals surface area contributed by atoms with Gasteiger partial charge in [-0.2, -0.15) is 12.6 Å². The van der Waals surface area contributed by atoms with Gasteiger partial charge in [-0.25, -0.2) is 9.78 Å². The summed E-state index contributed by atoms with van der Waals surface area (Å²) in [5, 5.41) is 25.8. The molecule has 3 amide bonds. The van der Waals surface area contributed by atoms with E-state index in [4.69, 9.17) is 16.6 Å². The number of aromatic nitrogens is 2. The van der Waals surface area contributed by atoms with Gasteiger partial charge in [0.25, 0.3) is 0 Å². The van der Waals surface area contributed by atoms with Gasteiger partial charge in [0.1, 0.15) is 18.1 Å². The van der Waals surface area contributed by atoms with Crippen molar-refractivity contribution >= 4 is 42.3 Å². The molecule has 0 aliphatic rings. The van der Waals surface area contributed by atoms with Crippen molar-refractivity contribution < 1.29 is 34.2 Å². The second-order valence-electron chi connectivity index (χ2n) is 7.81. The van der Waals surface area contributed by atoms with E-state index in [9.17, 15) is 29.1 Å². The maximum Gasteiger partial charge on any atom is 0.326 e. The molecule has 0 aromatic carbocycles. The van der Waals surface area contributed by atoms with Crippen LogP contribution < -0.4 is 27.4 Å². The summed E-state index contributed by atoms with van der Waals surface area (Å²) in [6, 6.07) is -4.76. The first-order chi connectivity index (χ1) is 16.6. The number of carboxylic acids is 2. The van der Waals surface area contributed by atoms with Gasteiger partial charge in [-0.05, 0) is 32.2 Å². The zero-order chi connectivity index (χ0) is 26.4. The molecule has 1 rings (SSSR count). The molecule has 0 radical (unpaired) electrons. The molecule has 196 valence electrons. The number of amides is 3. The second-order valence-corrected chi connectivity index (χ2v) is 8.17. The molecule has 10 N–H and O–H groups in total. The summed E-state index contributed by atoms with van der Waals surface area (Å²) in [5.41, 5.74) is 11.6. The lowest BCUT2D eigenvalue weighted by molar-refractivity contribution is -0.142. The van der Waals surface area contributed by atoms with Crippen molar-refractivity contribution in [1.82, 2.24) is 25.9 Å². The third-order valence-corrected chi connectivity index (χ3v) is 5.38. The molecule has 35 heavy (non-hydrogen) atoms. The van der Waals surface area contributed by atoms with Crippen molar-refractivity contribution in [2.75, 3.05) is 12.3 Å². The molecule has 0 fully saturated rings. The Kier molecular flexibility index (Phi) is 13.4. The fourth-order valence-electron chi connectivity index (χ4n) is 3.02. The SMILES string of the molecule is NCCCCC(NC(=O)C(CCC(=O)O)NC(=O)C(N)CS)C(=O)NC(Cc1cnc[nH]1)C(=O)O. The van der Waals surface area contributed by atoms with Crippen molar-refractivity contribution in [2.24, 2.45) is 11.5 Å². The van der Waals surface area contributed by atoms with Gasteiger partial charge in [-0.1, -0.05) is 0 Å². The van der Waals surface area contributed by atoms with Crippen molar-refractivity contribution in [3.8, 4) is 0 Å². The summed E-state index contributed by atoms with van der Waals surface area (Å²) in [6.45, 7) is 0.346. The molecular formula is C20H33N7O7S. The van der Waals surface area contributed by atoms with Crippen LogP contribution in [0.1, 0.15) is 37.8 Å². The van der Waals surface area contributed by atoms with E-state index in [-0.39, 0.29) is 25.0 Å². The van der Waals surface area contributed by atoms with Gasteiger partial charge in [0, 0.05) is 30.5 Å². The summed E-state index contributed by atoms with van der Waals surface area (Å²) in [7, 11) is 0. The molecule has 1 aromatic heterocycles. The summed E-state index contributed by atoms with van der Waals surface area (Å²) in [4.78, 5) is 67.2. The smallest absolute Gasteiger partial charge is 0.326 e. The van der Waals surface area contributed by atoms with Gasteiger partial charge >= 0.3 is 11.9 Å². The highest BCUT2D eigenvalue weighted by Gasteiger charge is 2.30. The van der Waals surface area contributed by atoms with Crippen LogP contribution in [0, 0.1) is 0 Å². The van der Waals surface area contributed by atoms with Gasteiger partial charge in [0.05, 0.1) is 12.4 Å². The van der Waals surface area contributed by atoms with E-state index in [1.807, 2.05) is 0 Å². The Balaban J connectivity index is 2.98. The maximum atomic E-state index is 12.9. The summed E-state index contributed by atoms with van der Waals surface area (Å²) in [6.07, 6.45) is 3.19. The third kappa shape index (κ3) is 11.2. The summed E-state index contributed by atoms with van der Waals surface area (Å²) < 4.78 is 0. The van der Waals surface area contributed by atoms with Gasteiger partial charge in [-0.3, -0.25) is 19.2 Å². The standard InChI is InChI=1S/C20H33N7O7S/c21-6-2-1-3-13(18(31)27-15(20(33)34)7-11-8-23-10-24-11)26-19(32)14(4-5-16(28)29)25-17(30)12(22)9-35/h8,10,12-15,35H,1-7,9,21-22H2,(H,23,24)(H,25,30)(H,26,32)(H,27,31)(H,28,29)(H,33,34). The van der Waals surface area contributed by atoms with E-state index >= 15 is 0 Å². The quantitative estimate of drug-likeness (QED) is 0.0796. The molecule has 0 bridgehead atoms. The predicted molar refractivity (Wildman–Crippen MR) is 127 cm³/mol. The zero-order valence-electron chi connectivity index (χ0n) is 19.1. The Bertz CT molecular complexity index is 853. The number of carboxylic acid groups (broad SMARTS) is 2. The number of hydrogen-bond donors (Lipinski definition) is 9. The molecule has 15 heteroatoms. The van der Waals surface area contributed by atoms with E-state index in [1.165, 1.54) is 12.5 Å². The topological polar surface area (TPSA) is 243 Å². The van der Waals surface area contributed by atoms with Crippen LogP contribution >= 0.6 is 12.6 Å². The number of H-pyrrole nitrogens is 1. The Morgan fingerprint density at radius 1 is 0.971 bits per heavy atom. The van der Waals surface area contributed by atoms with Crippen molar-refractivity contribution in [1.29, 1.82) is 0 Å². The summed E-state index contributed by atoms with van der Waals surface area (Å²) in [5.74, 6) is -4.74. The van der Waals surface area contributed by atoms with E-state index < -0.39 is 60.2 Å². The Morgan fingerprint density at radius 2 is 1.57 bits per heavy atom. The van der Waals surface area contributed by atoms with Gasteiger partial charge in [0.2, 0.25) is 17.7 Å². The van der Waals surface area contributed by atoms with Gasteiger partial charge < -0.3 is 42.6 Å². The van der Waals surface area contributed by atoms with Crippen molar-refractivity contribution in [2.45, 2.75) is 62.7 Å². The highest BCUT2D eigenvalue weighted by Crippen LogP contribution is 2.07. The van der Waals surface area contributed by atoms with Crippen molar-refractivity contribution in [3.63, 3.8) is 0 Å². The molecule has 4 atom stereocenters. The highest BCUT2D eigenvalue weighted by atomic mass is 32.1. The summed E-state index contributed by atoms with van der Waals surface area (Å²) >= 11 is 3.93. The lowest BCUT2D eigenvalue weighted by Gasteiger charge is -2.25. The second kappa shape index (κ2) is 15.7. The number of nitrogens with one attached hydrogen (secondary N) is 4. The number of imidazole rings is 1. The number of rotatable bonds is 17. The van der Waals surface area contributed by atoms with Crippen LogP contribution in [-0.2, 0) is 30.4 Å². The fourth-order valence-corrected chi connectivity index (χ4v) is 3.19. The lowest BCUT2D eigenvalue weighted by atomic mass is 10.0. The Labute approximate surface area is 207 Å². The molecular weight excluding hydrogens is 482 g/mol.